The van der Waals surface area contributed by atoms with Gasteiger partial charge in [-0.25, -0.2) is 5.06 Å². The summed E-state index contributed by atoms with van der Waals surface area (Å²) in [5.41, 5.74) is 1.80. The molecule has 0 aromatic heterocycles. The van der Waals surface area contributed by atoms with Crippen LogP contribution in [0.3, 0.4) is 0 Å². The smallest absolute Gasteiger partial charge is 0.261 e. The number of rotatable bonds is 2. The Morgan fingerprint density at radius 1 is 1.25 bits per heavy atom. The van der Waals surface area contributed by atoms with Crippen molar-refractivity contribution in [3.8, 4) is 0 Å². The van der Waals surface area contributed by atoms with E-state index in [1.165, 1.54) is 5.06 Å². The first-order valence-electron chi connectivity index (χ1n) is 6.90. The molecule has 1 aliphatic rings. The third-order valence-corrected chi connectivity index (χ3v) is 3.72. The number of nitrogens with zero attached hydrogens (tertiary/aromatic N) is 1. The highest BCUT2D eigenvalue weighted by Gasteiger charge is 2.48. The molecule has 0 radical (unpaired) electrons. The van der Waals surface area contributed by atoms with Crippen molar-refractivity contribution in [1.82, 2.24) is 5.06 Å². The Labute approximate surface area is 119 Å². The van der Waals surface area contributed by atoms with Gasteiger partial charge in [-0.3, -0.25) is 14.4 Å². The monoisotopic (exact) mass is 275 g/mol. The Morgan fingerprint density at radius 3 is 2.50 bits per heavy atom. The van der Waals surface area contributed by atoms with Crippen molar-refractivity contribution in [3.63, 3.8) is 0 Å². The molecule has 0 bridgehead atoms. The van der Waals surface area contributed by atoms with Gasteiger partial charge in [0.2, 0.25) is 0 Å². The lowest BCUT2D eigenvalue weighted by atomic mass is 9.82. The molecule has 1 amide bonds. The molecule has 2 rings (SSSR count). The van der Waals surface area contributed by atoms with Gasteiger partial charge in [0, 0.05) is 6.54 Å². The minimum atomic E-state index is -0.981. The van der Waals surface area contributed by atoms with Crippen molar-refractivity contribution < 1.29 is 14.4 Å². The molecule has 0 aliphatic carbocycles. The SMILES string of the molecule is CCN1OC(C)(C)C(=O)C(c2cc(C)ccc2C)C1=O. The van der Waals surface area contributed by atoms with Crippen LogP contribution in [-0.4, -0.2) is 28.9 Å². The van der Waals surface area contributed by atoms with Crippen LogP contribution in [0.15, 0.2) is 18.2 Å². The molecule has 1 atom stereocenters. The van der Waals surface area contributed by atoms with Crippen LogP contribution in [0.5, 0.6) is 0 Å². The van der Waals surface area contributed by atoms with Gasteiger partial charge >= 0.3 is 0 Å². The summed E-state index contributed by atoms with van der Waals surface area (Å²) >= 11 is 0. The fourth-order valence-electron chi connectivity index (χ4n) is 2.53. The second-order valence-corrected chi connectivity index (χ2v) is 5.79. The normalized spacial score (nSPS) is 22.2. The maximum absolute atomic E-state index is 12.6. The number of Topliss-reactive ketones (excluding diaryl/α,β-unsaturated/α-hetero) is 1. The van der Waals surface area contributed by atoms with Gasteiger partial charge in [0.05, 0.1) is 0 Å². The average Bonchev–Trinajstić information content (AvgIpc) is 2.38. The standard InChI is InChI=1S/C16H21NO3/c1-6-17-15(19)13(14(18)16(4,5)20-17)12-9-10(2)7-8-11(12)3/h7-9,13H,6H2,1-5H3. The summed E-state index contributed by atoms with van der Waals surface area (Å²) in [6, 6.07) is 5.85. The van der Waals surface area contributed by atoms with E-state index in [1.807, 2.05) is 39.0 Å². The van der Waals surface area contributed by atoms with Crippen LogP contribution in [0.25, 0.3) is 0 Å². The summed E-state index contributed by atoms with van der Waals surface area (Å²) in [6.07, 6.45) is 0. The van der Waals surface area contributed by atoms with Crippen LogP contribution < -0.4 is 0 Å². The first-order chi connectivity index (χ1) is 9.27. The zero-order valence-electron chi connectivity index (χ0n) is 12.7. The zero-order valence-corrected chi connectivity index (χ0v) is 12.7. The van der Waals surface area contributed by atoms with E-state index >= 15 is 0 Å². The minimum Gasteiger partial charge on any atom is -0.295 e. The number of carbonyl (C=O) groups is 2. The Kier molecular flexibility index (Phi) is 3.69. The predicted molar refractivity (Wildman–Crippen MR) is 76.2 cm³/mol. The number of hydroxylamine groups is 2. The van der Waals surface area contributed by atoms with E-state index in [0.717, 1.165) is 16.7 Å². The third kappa shape index (κ3) is 2.36. The molecule has 1 fully saturated rings. The molecule has 1 unspecified atom stereocenters. The van der Waals surface area contributed by atoms with E-state index in [0.29, 0.717) is 6.54 Å². The maximum Gasteiger partial charge on any atom is 0.261 e. The van der Waals surface area contributed by atoms with Crippen LogP contribution in [0.1, 0.15) is 43.4 Å². The summed E-state index contributed by atoms with van der Waals surface area (Å²) < 4.78 is 0. The Morgan fingerprint density at radius 2 is 1.90 bits per heavy atom. The fourth-order valence-corrected chi connectivity index (χ4v) is 2.53. The summed E-state index contributed by atoms with van der Waals surface area (Å²) in [4.78, 5) is 30.6. The number of ketones is 1. The van der Waals surface area contributed by atoms with Gasteiger partial charge in [-0.1, -0.05) is 23.8 Å². The molecule has 108 valence electrons. The van der Waals surface area contributed by atoms with Gasteiger partial charge in [0.15, 0.2) is 5.78 Å². The van der Waals surface area contributed by atoms with Crippen LogP contribution in [-0.2, 0) is 14.4 Å². The highest BCUT2D eigenvalue weighted by molar-refractivity contribution is 6.11. The largest absolute Gasteiger partial charge is 0.295 e. The highest BCUT2D eigenvalue weighted by Crippen LogP contribution is 2.34. The summed E-state index contributed by atoms with van der Waals surface area (Å²) in [6.45, 7) is 9.57. The van der Waals surface area contributed by atoms with Gasteiger partial charge in [0.1, 0.15) is 11.5 Å². The molecule has 1 aliphatic heterocycles. The van der Waals surface area contributed by atoms with Gasteiger partial charge in [-0.2, -0.15) is 0 Å². The molecular formula is C16H21NO3. The number of likely N-dealkylation sites (N-methyl/N-ethyl adjacent to an activating group) is 1. The van der Waals surface area contributed by atoms with Crippen LogP contribution >= 0.6 is 0 Å². The lowest BCUT2D eigenvalue weighted by Crippen LogP contribution is -2.55. The number of benzene rings is 1. The zero-order chi connectivity index (χ0) is 15.1. The van der Waals surface area contributed by atoms with Crippen molar-refractivity contribution in [2.45, 2.75) is 46.1 Å². The molecular weight excluding hydrogens is 254 g/mol. The van der Waals surface area contributed by atoms with Crippen LogP contribution in [0, 0.1) is 13.8 Å². The van der Waals surface area contributed by atoms with E-state index in [4.69, 9.17) is 4.84 Å². The lowest BCUT2D eigenvalue weighted by molar-refractivity contribution is -0.241. The van der Waals surface area contributed by atoms with Crippen LogP contribution in [0.4, 0.5) is 0 Å². The molecule has 4 nitrogen and oxygen atoms in total. The van der Waals surface area contributed by atoms with Gasteiger partial charge in [-0.15, -0.1) is 0 Å². The molecule has 4 heteroatoms. The highest BCUT2D eigenvalue weighted by atomic mass is 16.7. The molecule has 1 saturated heterocycles. The van der Waals surface area contributed by atoms with E-state index < -0.39 is 11.5 Å². The third-order valence-electron chi connectivity index (χ3n) is 3.72. The predicted octanol–water partition coefficient (Wildman–Crippen LogP) is 2.53. The van der Waals surface area contributed by atoms with Crippen molar-refractivity contribution >= 4 is 11.7 Å². The lowest BCUT2D eigenvalue weighted by Gasteiger charge is -2.39. The first-order valence-corrected chi connectivity index (χ1v) is 6.90. The van der Waals surface area contributed by atoms with Crippen molar-refractivity contribution in [2.24, 2.45) is 0 Å². The Bertz CT molecular complexity index is 563. The van der Waals surface area contributed by atoms with Crippen molar-refractivity contribution in [2.75, 3.05) is 6.54 Å². The van der Waals surface area contributed by atoms with E-state index in [9.17, 15) is 9.59 Å². The van der Waals surface area contributed by atoms with Crippen molar-refractivity contribution in [3.05, 3.63) is 34.9 Å². The number of hydrogen-bond acceptors (Lipinski definition) is 3. The van der Waals surface area contributed by atoms with Gasteiger partial charge < -0.3 is 0 Å². The van der Waals surface area contributed by atoms with E-state index in [1.54, 1.807) is 13.8 Å². The molecule has 0 N–H and O–H groups in total. The molecule has 20 heavy (non-hydrogen) atoms. The topological polar surface area (TPSA) is 46.6 Å². The Hall–Kier alpha value is -1.68. The van der Waals surface area contributed by atoms with Crippen molar-refractivity contribution in [1.29, 1.82) is 0 Å². The average molecular weight is 275 g/mol. The van der Waals surface area contributed by atoms with E-state index in [-0.39, 0.29) is 11.7 Å². The number of hydrogen-bond donors (Lipinski definition) is 0. The second kappa shape index (κ2) is 5.02. The minimum absolute atomic E-state index is 0.180. The fraction of sp³-hybridized carbons (Fsp3) is 0.500. The summed E-state index contributed by atoms with van der Waals surface area (Å²) in [5, 5.41) is 1.30. The molecule has 0 saturated carbocycles. The number of amides is 1. The first kappa shape index (κ1) is 14.7. The molecule has 1 heterocycles. The number of aryl methyl sites for hydroxylation is 2. The maximum atomic E-state index is 12.6. The van der Waals surface area contributed by atoms with Gasteiger partial charge in [0.25, 0.3) is 5.91 Å². The van der Waals surface area contributed by atoms with Crippen LogP contribution in [0.2, 0.25) is 0 Å². The summed E-state index contributed by atoms with van der Waals surface area (Å²) in [5.74, 6) is -1.22. The Balaban J connectivity index is 2.54. The molecule has 1 aromatic rings. The quantitative estimate of drug-likeness (QED) is 0.779. The molecule has 0 spiro atoms. The number of carbonyl (C=O) groups excluding carboxylic acids is 2. The van der Waals surface area contributed by atoms with Gasteiger partial charge in [-0.05, 0) is 45.7 Å². The van der Waals surface area contributed by atoms with E-state index in [2.05, 4.69) is 0 Å². The second-order valence-electron chi connectivity index (χ2n) is 5.79. The summed E-state index contributed by atoms with van der Waals surface area (Å²) in [7, 11) is 0. The molecule has 1 aromatic carbocycles.